The molecule has 0 radical (unpaired) electrons. The molecule has 1 aliphatic heterocycles. The number of carbonyl (C=O) groups excluding carboxylic acids is 1. The highest BCUT2D eigenvalue weighted by molar-refractivity contribution is 7.62. The van der Waals surface area contributed by atoms with Crippen molar-refractivity contribution in [2.45, 2.75) is 128 Å². The first kappa shape index (κ1) is 51.3. The number of anilines is 1. The molecule has 2 N–H and O–H groups in total. The second kappa shape index (κ2) is 20.6. The average molecular weight is 954 g/mol. The van der Waals surface area contributed by atoms with Crippen molar-refractivity contribution in [3.8, 4) is 17.6 Å². The molecule has 15 nitrogen and oxygen atoms in total. The summed E-state index contributed by atoms with van der Waals surface area (Å²) in [5.41, 5.74) is 0.193. The van der Waals surface area contributed by atoms with Gasteiger partial charge in [0.05, 0.1) is 45.4 Å². The van der Waals surface area contributed by atoms with Crippen molar-refractivity contribution in [3.63, 3.8) is 0 Å². The van der Waals surface area contributed by atoms with Crippen LogP contribution in [0.1, 0.15) is 91.7 Å². The molecule has 1 fully saturated rings. The summed E-state index contributed by atoms with van der Waals surface area (Å²) in [5, 5.41) is 12.6. The third kappa shape index (κ3) is 10.2. The van der Waals surface area contributed by atoms with Crippen molar-refractivity contribution in [2.75, 3.05) is 32.7 Å². The molecule has 360 valence electrons. The largest absolute Gasteiger partial charge is 0.497 e. The molecular weight excluding hydrogens is 886 g/mol. The van der Waals surface area contributed by atoms with Crippen LogP contribution >= 0.6 is 7.29 Å². The van der Waals surface area contributed by atoms with E-state index < -0.39 is 57.2 Å². The van der Waals surface area contributed by atoms with Gasteiger partial charge in [-0.25, -0.2) is 9.65 Å². The molecule has 4 atom stereocenters. The van der Waals surface area contributed by atoms with Crippen molar-refractivity contribution >= 4 is 38.6 Å². The Morgan fingerprint density at radius 3 is 1.97 bits per heavy atom. The number of methoxy groups -OCH3 is 2. The number of H-pyrrole nitrogens is 1. The van der Waals surface area contributed by atoms with E-state index in [9.17, 15) is 14.9 Å². The normalized spacial score (nSPS) is 18.3. The number of nitrogens with one attached hydrogen (secondary N) is 2. The average Bonchev–Trinajstić information content (AvgIpc) is 3.87. The minimum Gasteiger partial charge on any atom is -0.497 e. The van der Waals surface area contributed by atoms with Crippen LogP contribution in [0.5, 0.6) is 11.5 Å². The molecular formula is C50H68N7O8PSi. The van der Waals surface area contributed by atoms with Crippen LogP contribution in [-0.2, 0) is 28.9 Å². The number of aromatic nitrogens is 4. The number of ether oxygens (including phenoxy) is 4. The number of imidazole rings is 1. The topological polar surface area (TPSA) is 183 Å². The van der Waals surface area contributed by atoms with Gasteiger partial charge in [-0.3, -0.25) is 24.5 Å². The zero-order chi connectivity index (χ0) is 49.1. The van der Waals surface area contributed by atoms with Gasteiger partial charge in [0.15, 0.2) is 33.0 Å². The smallest absolute Gasteiger partial charge is 0.280 e. The number of nitriles is 1. The molecule has 67 heavy (non-hydrogen) atoms. The lowest BCUT2D eigenvalue weighted by Gasteiger charge is -2.46. The van der Waals surface area contributed by atoms with Gasteiger partial charge in [0, 0.05) is 30.2 Å². The fourth-order valence-electron chi connectivity index (χ4n) is 8.64. The summed E-state index contributed by atoms with van der Waals surface area (Å²) in [7, 11) is -2.87. The lowest BCUT2D eigenvalue weighted by molar-refractivity contribution is -0.118. The van der Waals surface area contributed by atoms with E-state index in [0.717, 1.165) is 16.7 Å². The van der Waals surface area contributed by atoms with E-state index in [4.69, 9.17) is 28.4 Å². The van der Waals surface area contributed by atoms with E-state index in [2.05, 4.69) is 55.2 Å². The third-order valence-corrected chi connectivity index (χ3v) is 22.0. The molecule has 0 bridgehead atoms. The number of fused-ring (bicyclic) bond motifs is 1. The van der Waals surface area contributed by atoms with E-state index >= 15 is 4.57 Å². The van der Waals surface area contributed by atoms with E-state index in [1.807, 2.05) is 111 Å². The highest BCUT2D eigenvalue weighted by Crippen LogP contribution is 2.62. The molecule has 2 aromatic heterocycles. The van der Waals surface area contributed by atoms with Crippen LogP contribution in [0.4, 0.5) is 5.95 Å². The number of carbonyl (C=O) groups is 1. The zero-order valence-electron chi connectivity index (χ0n) is 41.2. The highest BCUT2D eigenvalue weighted by Gasteiger charge is 2.57. The summed E-state index contributed by atoms with van der Waals surface area (Å²) in [4.78, 5) is 38.6. The number of benzene rings is 3. The number of amides is 1. The number of rotatable bonds is 19. The Kier molecular flexibility index (Phi) is 15.8. The van der Waals surface area contributed by atoms with Gasteiger partial charge in [-0.05, 0) is 59.1 Å². The van der Waals surface area contributed by atoms with Crippen LogP contribution in [0, 0.1) is 17.2 Å². The standard InChI is InChI=1S/C50H68N7O8PSi/c1-32(2)45(58)54-48-53-44-41(46(59)55-48)52-31-56(44)47-42(57(29-17-28-51)66(60,33(3)4)34(5)6)43(65-67(12,13)49(7,8)9)40(64-47)30-63-50(35-18-15-14-16-19-35,36-20-24-38(61-10)25-21-36)37-22-26-39(62-11)27-23-37/h14-16,18-27,31-34,40,42-43,47H,17,29-30H2,1-13H3,(H2,53,54,55,58,59)/t40-,42-,43+,47-/m1/s1. The Morgan fingerprint density at radius 1 is 0.925 bits per heavy atom. The lowest BCUT2D eigenvalue weighted by atomic mass is 9.80. The predicted molar refractivity (Wildman–Crippen MR) is 264 cm³/mol. The minimum atomic E-state index is -3.39. The Morgan fingerprint density at radius 2 is 1.48 bits per heavy atom. The highest BCUT2D eigenvalue weighted by atomic mass is 31.2. The summed E-state index contributed by atoms with van der Waals surface area (Å²) in [6, 6.07) is 27.0. The van der Waals surface area contributed by atoms with Crippen LogP contribution in [-0.4, -0.2) is 95.4 Å². The second-order valence-electron chi connectivity index (χ2n) is 19.5. The Balaban J connectivity index is 1.64. The van der Waals surface area contributed by atoms with Crippen molar-refractivity contribution in [1.29, 1.82) is 5.26 Å². The zero-order valence-corrected chi connectivity index (χ0v) is 43.1. The summed E-state index contributed by atoms with van der Waals surface area (Å²) < 4.78 is 53.3. The fourth-order valence-corrected chi connectivity index (χ4v) is 13.4. The molecule has 5 aromatic rings. The Labute approximate surface area is 396 Å². The summed E-state index contributed by atoms with van der Waals surface area (Å²) in [6.07, 6.45) is -1.13. The first-order chi connectivity index (χ1) is 31.6. The third-order valence-electron chi connectivity index (χ3n) is 13.3. The molecule has 1 saturated heterocycles. The molecule has 1 aliphatic rings. The molecule has 0 saturated carbocycles. The number of hydrogen-bond acceptors (Lipinski definition) is 11. The number of nitrogens with zero attached hydrogens (tertiary/aromatic N) is 5. The van der Waals surface area contributed by atoms with Crippen LogP contribution < -0.4 is 20.3 Å². The molecule has 0 aliphatic carbocycles. The molecule has 3 heterocycles. The van der Waals surface area contributed by atoms with Crippen molar-refractivity contribution in [2.24, 2.45) is 5.92 Å². The maximum atomic E-state index is 16.0. The Bertz CT molecular complexity index is 2560. The quantitative estimate of drug-likeness (QED) is 0.0455. The SMILES string of the molecule is COc1ccc(C(OC[C@H]2O[C@@H](n3cnc4c(=O)[nH]c(NC(=O)C(C)C)nc43)[C@H](N(CCC#N)P(=O)(C(C)C)C(C)C)[C@H]2O[Si](C)(C)C(C)(C)C)(c2ccccc2)c2ccc(OC)cc2)cc1. The first-order valence-electron chi connectivity index (χ1n) is 23.0. The lowest BCUT2D eigenvalue weighted by Crippen LogP contribution is -2.55. The Hall–Kier alpha value is -5.14. The van der Waals surface area contributed by atoms with Crippen molar-refractivity contribution in [1.82, 2.24) is 24.2 Å². The predicted octanol–water partition coefficient (Wildman–Crippen LogP) is 9.71. The molecule has 3 aromatic carbocycles. The summed E-state index contributed by atoms with van der Waals surface area (Å²) in [5.74, 6) is 0.576. The van der Waals surface area contributed by atoms with Gasteiger partial charge < -0.3 is 27.9 Å². The molecule has 6 rings (SSSR count). The summed E-state index contributed by atoms with van der Waals surface area (Å²) in [6.45, 7) is 22.2. The number of aromatic amines is 1. The van der Waals surface area contributed by atoms with Crippen LogP contribution in [0.3, 0.4) is 0 Å². The second-order valence-corrected chi connectivity index (χ2v) is 28.2. The van der Waals surface area contributed by atoms with Crippen LogP contribution in [0.2, 0.25) is 18.1 Å². The fraction of sp³-hybridized carbons (Fsp3) is 0.500. The molecule has 17 heteroatoms. The minimum absolute atomic E-state index is 0.0213. The van der Waals surface area contributed by atoms with Gasteiger partial charge in [0.1, 0.15) is 23.2 Å². The maximum absolute atomic E-state index is 16.0. The van der Waals surface area contributed by atoms with Gasteiger partial charge in [-0.2, -0.15) is 10.2 Å². The van der Waals surface area contributed by atoms with Crippen molar-refractivity contribution in [3.05, 3.63) is 112 Å². The van der Waals surface area contributed by atoms with Gasteiger partial charge in [-0.1, -0.05) is 117 Å². The maximum Gasteiger partial charge on any atom is 0.280 e. The summed E-state index contributed by atoms with van der Waals surface area (Å²) >= 11 is 0. The van der Waals surface area contributed by atoms with Gasteiger partial charge in [0.25, 0.3) is 5.56 Å². The first-order valence-corrected chi connectivity index (χ1v) is 27.7. The van der Waals surface area contributed by atoms with E-state index in [-0.39, 0.29) is 58.9 Å². The van der Waals surface area contributed by atoms with Gasteiger partial charge in [-0.15, -0.1) is 0 Å². The van der Waals surface area contributed by atoms with E-state index in [1.54, 1.807) is 32.6 Å². The van der Waals surface area contributed by atoms with Gasteiger partial charge >= 0.3 is 0 Å². The van der Waals surface area contributed by atoms with Crippen LogP contribution in [0.25, 0.3) is 11.2 Å². The van der Waals surface area contributed by atoms with Crippen LogP contribution in [0.15, 0.2) is 90.0 Å². The van der Waals surface area contributed by atoms with E-state index in [0.29, 0.717) is 11.5 Å². The molecule has 0 spiro atoms. The van der Waals surface area contributed by atoms with Crippen molar-refractivity contribution < 1.29 is 32.7 Å². The monoisotopic (exact) mass is 953 g/mol. The number of hydrogen-bond donors (Lipinski definition) is 2. The van der Waals surface area contributed by atoms with E-state index in [1.165, 1.54) is 6.33 Å². The van der Waals surface area contributed by atoms with Gasteiger partial charge in [0.2, 0.25) is 11.9 Å². The molecule has 0 unspecified atom stereocenters. The molecule has 1 amide bonds.